The molecule has 1 heterocycles. The summed E-state index contributed by atoms with van der Waals surface area (Å²) in [6.45, 7) is 6.36. The van der Waals surface area contributed by atoms with Crippen molar-refractivity contribution in [3.63, 3.8) is 0 Å². The molecule has 0 spiro atoms. The summed E-state index contributed by atoms with van der Waals surface area (Å²) in [5.41, 5.74) is 0.421. The summed E-state index contributed by atoms with van der Waals surface area (Å²) in [6, 6.07) is 18.3. The van der Waals surface area contributed by atoms with Gasteiger partial charge in [0.1, 0.15) is 23.1 Å². The van der Waals surface area contributed by atoms with Crippen LogP contribution < -0.4 is 9.47 Å². The van der Waals surface area contributed by atoms with E-state index in [1.165, 1.54) is 24.3 Å². The Morgan fingerprint density at radius 1 is 0.686 bits per heavy atom. The molecule has 4 rings (SSSR count). The third-order valence-corrected chi connectivity index (χ3v) is 5.91. The van der Waals surface area contributed by atoms with Gasteiger partial charge in [0.15, 0.2) is 0 Å². The maximum atomic E-state index is 13.0. The Hall–Kier alpha value is -3.10. The van der Waals surface area contributed by atoms with Gasteiger partial charge in [-0.25, -0.2) is 4.39 Å². The van der Waals surface area contributed by atoms with E-state index < -0.39 is 11.7 Å². The summed E-state index contributed by atoms with van der Waals surface area (Å²) in [4.78, 5) is 4.81. The van der Waals surface area contributed by atoms with Gasteiger partial charge in [-0.05, 0) is 72.6 Å². The van der Waals surface area contributed by atoms with Crippen LogP contribution in [0, 0.1) is 5.82 Å². The summed E-state index contributed by atoms with van der Waals surface area (Å²) < 4.78 is 62.4. The molecule has 0 atom stereocenters. The first-order chi connectivity index (χ1) is 16.8. The highest BCUT2D eigenvalue weighted by Crippen LogP contribution is 2.31. The molecule has 0 bridgehead atoms. The lowest BCUT2D eigenvalue weighted by atomic mass is 10.2. The van der Waals surface area contributed by atoms with Crippen molar-refractivity contribution in [3.05, 3.63) is 89.7 Å². The average molecular weight is 489 g/mol. The molecule has 1 saturated heterocycles. The summed E-state index contributed by atoms with van der Waals surface area (Å²) in [5.74, 6) is 1.37. The fourth-order valence-corrected chi connectivity index (χ4v) is 3.95. The summed E-state index contributed by atoms with van der Waals surface area (Å²) in [7, 11) is 0. The van der Waals surface area contributed by atoms with Crippen molar-refractivity contribution in [3.8, 4) is 17.2 Å². The predicted molar refractivity (Wildman–Crippen MR) is 126 cm³/mol. The van der Waals surface area contributed by atoms with Crippen LogP contribution in [0.1, 0.15) is 17.5 Å². The molecule has 1 fully saturated rings. The van der Waals surface area contributed by atoms with Crippen LogP contribution in [0.15, 0.2) is 72.8 Å². The molecule has 0 unspecified atom stereocenters. The number of halogens is 4. The Morgan fingerprint density at radius 2 is 1.23 bits per heavy atom. The van der Waals surface area contributed by atoms with E-state index in [4.69, 9.17) is 9.47 Å². The van der Waals surface area contributed by atoms with Gasteiger partial charge in [0.05, 0.1) is 12.2 Å². The van der Waals surface area contributed by atoms with Crippen LogP contribution >= 0.6 is 0 Å². The van der Waals surface area contributed by atoms with E-state index >= 15 is 0 Å². The molecule has 0 N–H and O–H groups in total. The van der Waals surface area contributed by atoms with E-state index in [0.717, 1.165) is 63.4 Å². The first-order valence-electron chi connectivity index (χ1n) is 11.6. The highest BCUT2D eigenvalue weighted by atomic mass is 19.4. The van der Waals surface area contributed by atoms with Crippen molar-refractivity contribution in [2.75, 3.05) is 39.3 Å². The number of piperazine rings is 1. The van der Waals surface area contributed by atoms with E-state index in [1.807, 2.05) is 12.1 Å². The van der Waals surface area contributed by atoms with Gasteiger partial charge in [0.2, 0.25) is 0 Å². The van der Waals surface area contributed by atoms with Crippen molar-refractivity contribution in [2.24, 2.45) is 0 Å². The van der Waals surface area contributed by atoms with Crippen LogP contribution in [-0.4, -0.2) is 49.1 Å². The predicted octanol–water partition coefficient (Wildman–Crippen LogP) is 6.22. The number of hydrogen-bond acceptors (Lipinski definition) is 4. The minimum Gasteiger partial charge on any atom is -0.494 e. The first kappa shape index (κ1) is 25.0. The molecular weight excluding hydrogens is 460 g/mol. The molecule has 0 aliphatic carbocycles. The zero-order chi connectivity index (χ0) is 24.7. The van der Waals surface area contributed by atoms with Crippen molar-refractivity contribution < 1.29 is 27.0 Å². The van der Waals surface area contributed by atoms with E-state index in [2.05, 4.69) is 9.80 Å². The van der Waals surface area contributed by atoms with E-state index in [9.17, 15) is 17.6 Å². The molecule has 0 radical (unpaired) electrons. The first-order valence-corrected chi connectivity index (χ1v) is 11.6. The molecule has 4 nitrogen and oxygen atoms in total. The molecule has 35 heavy (non-hydrogen) atoms. The van der Waals surface area contributed by atoms with Gasteiger partial charge < -0.3 is 14.4 Å². The Bertz CT molecular complexity index is 1050. The SMILES string of the molecule is Fc1ccc(CN2CCN(CCCOc3ccc(Oc4ccc(C(F)(F)F)cc4)cc3)CC2)cc1. The smallest absolute Gasteiger partial charge is 0.416 e. The van der Waals surface area contributed by atoms with Crippen LogP contribution in [0.5, 0.6) is 17.2 Å². The minimum absolute atomic E-state index is 0.205. The summed E-state index contributed by atoms with van der Waals surface area (Å²) in [5, 5.41) is 0. The average Bonchev–Trinajstić information content (AvgIpc) is 2.85. The second-order valence-corrected chi connectivity index (χ2v) is 8.54. The number of nitrogens with zero attached hydrogens (tertiary/aromatic N) is 2. The van der Waals surface area contributed by atoms with E-state index in [-0.39, 0.29) is 5.82 Å². The van der Waals surface area contributed by atoms with E-state index in [0.29, 0.717) is 23.9 Å². The Balaban J connectivity index is 1.12. The lowest BCUT2D eigenvalue weighted by Gasteiger charge is -2.34. The molecule has 8 heteroatoms. The molecule has 0 amide bonds. The van der Waals surface area contributed by atoms with Crippen LogP contribution in [-0.2, 0) is 12.7 Å². The Labute approximate surface area is 202 Å². The zero-order valence-electron chi connectivity index (χ0n) is 19.3. The zero-order valence-corrected chi connectivity index (χ0v) is 19.3. The molecular formula is C27H28F4N2O2. The second kappa shape index (κ2) is 11.6. The maximum absolute atomic E-state index is 13.0. The van der Waals surface area contributed by atoms with Crippen molar-refractivity contribution in [1.82, 2.24) is 9.80 Å². The highest BCUT2D eigenvalue weighted by Gasteiger charge is 2.30. The van der Waals surface area contributed by atoms with Gasteiger partial charge in [-0.15, -0.1) is 0 Å². The largest absolute Gasteiger partial charge is 0.494 e. The fraction of sp³-hybridized carbons (Fsp3) is 0.333. The number of alkyl halides is 3. The standard InChI is InChI=1S/C27H28F4N2O2/c28-23-6-2-21(3-7-23)20-33-17-15-32(16-18-33)14-1-19-34-24-10-12-26(13-11-24)35-25-8-4-22(5-9-25)27(29,30)31/h2-13H,1,14-20H2. The quantitative estimate of drug-likeness (QED) is 0.264. The number of benzene rings is 3. The van der Waals surface area contributed by atoms with Crippen LogP contribution in [0.4, 0.5) is 17.6 Å². The maximum Gasteiger partial charge on any atom is 0.416 e. The van der Waals surface area contributed by atoms with Gasteiger partial charge in [-0.3, -0.25) is 4.90 Å². The van der Waals surface area contributed by atoms with E-state index in [1.54, 1.807) is 24.3 Å². The van der Waals surface area contributed by atoms with Gasteiger partial charge in [0, 0.05) is 39.3 Å². The monoisotopic (exact) mass is 488 g/mol. The molecule has 3 aromatic carbocycles. The number of hydrogen-bond donors (Lipinski definition) is 0. The number of rotatable bonds is 9. The van der Waals surface area contributed by atoms with Crippen LogP contribution in [0.3, 0.4) is 0 Å². The Morgan fingerprint density at radius 3 is 1.83 bits per heavy atom. The normalized spacial score (nSPS) is 15.2. The topological polar surface area (TPSA) is 24.9 Å². The molecule has 186 valence electrons. The lowest BCUT2D eigenvalue weighted by Crippen LogP contribution is -2.46. The van der Waals surface area contributed by atoms with Gasteiger partial charge in [0.25, 0.3) is 0 Å². The summed E-state index contributed by atoms with van der Waals surface area (Å²) >= 11 is 0. The molecule has 0 aromatic heterocycles. The lowest BCUT2D eigenvalue weighted by molar-refractivity contribution is -0.137. The molecule has 0 saturated carbocycles. The van der Waals surface area contributed by atoms with Crippen LogP contribution in [0.2, 0.25) is 0 Å². The minimum atomic E-state index is -4.36. The van der Waals surface area contributed by atoms with Gasteiger partial charge >= 0.3 is 6.18 Å². The summed E-state index contributed by atoms with van der Waals surface area (Å²) in [6.07, 6.45) is -3.46. The fourth-order valence-electron chi connectivity index (χ4n) is 3.95. The van der Waals surface area contributed by atoms with Crippen molar-refractivity contribution >= 4 is 0 Å². The third kappa shape index (κ3) is 7.70. The second-order valence-electron chi connectivity index (χ2n) is 8.54. The third-order valence-electron chi connectivity index (χ3n) is 5.91. The van der Waals surface area contributed by atoms with Crippen molar-refractivity contribution in [1.29, 1.82) is 0 Å². The van der Waals surface area contributed by atoms with Crippen LogP contribution in [0.25, 0.3) is 0 Å². The molecule has 1 aliphatic rings. The molecule has 3 aromatic rings. The van der Waals surface area contributed by atoms with Gasteiger partial charge in [-0.2, -0.15) is 13.2 Å². The van der Waals surface area contributed by atoms with Gasteiger partial charge in [-0.1, -0.05) is 12.1 Å². The van der Waals surface area contributed by atoms with Crippen molar-refractivity contribution in [2.45, 2.75) is 19.1 Å². The highest BCUT2D eigenvalue weighted by molar-refractivity contribution is 5.36. The number of ether oxygens (including phenoxy) is 2. The Kier molecular flexibility index (Phi) is 8.25. The molecule has 1 aliphatic heterocycles.